The van der Waals surface area contributed by atoms with Crippen molar-refractivity contribution in [3.05, 3.63) is 47.5 Å². The van der Waals surface area contributed by atoms with E-state index in [2.05, 4.69) is 47.3 Å². The second-order valence-corrected chi connectivity index (χ2v) is 12.7. The summed E-state index contributed by atoms with van der Waals surface area (Å²) in [5.74, 6) is 0.600. The fourth-order valence-corrected chi connectivity index (χ4v) is 5.45. The first-order valence-electron chi connectivity index (χ1n) is 15.0. The van der Waals surface area contributed by atoms with Crippen molar-refractivity contribution in [2.75, 3.05) is 62.3 Å². The Morgan fingerprint density at radius 3 is 2.45 bits per heavy atom. The largest absolute Gasteiger partial charge is 0.512 e. The maximum Gasteiger partial charge on any atom is 0.256 e. The normalized spacial score (nSPS) is 17.6. The van der Waals surface area contributed by atoms with Crippen LogP contribution in [0.3, 0.4) is 0 Å². The number of aryl methyl sites for hydroxylation is 1. The molecule has 44 heavy (non-hydrogen) atoms. The van der Waals surface area contributed by atoms with Crippen molar-refractivity contribution in [2.24, 2.45) is 5.41 Å². The number of likely N-dealkylation sites (tertiary alicyclic amines) is 1. The van der Waals surface area contributed by atoms with E-state index in [-0.39, 0.29) is 17.4 Å². The van der Waals surface area contributed by atoms with E-state index in [1.165, 1.54) is 25.2 Å². The van der Waals surface area contributed by atoms with Crippen LogP contribution < -0.4 is 21.3 Å². The molecule has 5 rings (SSSR count). The number of benzene rings is 1. The van der Waals surface area contributed by atoms with Gasteiger partial charge in [0.25, 0.3) is 5.91 Å². The van der Waals surface area contributed by atoms with E-state index in [1.54, 1.807) is 12.1 Å². The van der Waals surface area contributed by atoms with Crippen LogP contribution in [0.4, 0.5) is 23.3 Å². The number of nitrogens with two attached hydrogens (primary N) is 1. The lowest BCUT2D eigenvalue weighted by atomic mass is 9.93. The lowest BCUT2D eigenvalue weighted by molar-refractivity contribution is 0.0977. The number of aliphatic hydroxyl groups is 1. The molecule has 4 heterocycles. The summed E-state index contributed by atoms with van der Waals surface area (Å²) in [6, 6.07) is 5.80. The molecule has 0 spiro atoms. The predicted octanol–water partition coefficient (Wildman–Crippen LogP) is 3.47. The van der Waals surface area contributed by atoms with Crippen LogP contribution in [0.5, 0.6) is 0 Å². The molecule has 0 atom stereocenters. The number of piperazine rings is 1. The fraction of sp³-hybridized carbons (Fsp3) is 0.484. The van der Waals surface area contributed by atoms with E-state index in [4.69, 9.17) is 16.1 Å². The van der Waals surface area contributed by atoms with Crippen LogP contribution in [0.25, 0.3) is 11.0 Å². The molecule has 0 radical (unpaired) electrons. The molecule has 13 nitrogen and oxygen atoms in total. The number of hydrogen-bond acceptors (Lipinski definition) is 12. The number of piperidine rings is 1. The summed E-state index contributed by atoms with van der Waals surface area (Å²) in [5.41, 5.74) is 8.63. The van der Waals surface area contributed by atoms with Gasteiger partial charge in [-0.25, -0.2) is 15.0 Å². The van der Waals surface area contributed by atoms with Gasteiger partial charge in [0.05, 0.1) is 0 Å². The number of fused-ring (bicyclic) bond motifs is 1. The number of allylic oxidation sites excluding steroid dienone is 1. The van der Waals surface area contributed by atoms with Crippen molar-refractivity contribution < 1.29 is 9.90 Å². The SMILES string of the molecule is Cc1ccc(C(=O)NC(=N)/C=C(\O)C(C)(C)C)cc1Nc1ncnc2c(N)nc(N3CCN(C4CCN(C)CC4)CC3)nc12. The molecule has 2 fully saturated rings. The van der Waals surface area contributed by atoms with Crippen molar-refractivity contribution in [1.29, 1.82) is 5.41 Å². The summed E-state index contributed by atoms with van der Waals surface area (Å²) >= 11 is 0. The van der Waals surface area contributed by atoms with Crippen LogP contribution >= 0.6 is 0 Å². The summed E-state index contributed by atoms with van der Waals surface area (Å²) in [5, 5.41) is 24.1. The summed E-state index contributed by atoms with van der Waals surface area (Å²) in [6.07, 6.45) is 5.05. The third-order valence-corrected chi connectivity index (χ3v) is 8.35. The van der Waals surface area contributed by atoms with Crippen molar-refractivity contribution in [3.8, 4) is 0 Å². The van der Waals surface area contributed by atoms with Gasteiger partial charge in [0, 0.05) is 55.0 Å². The van der Waals surface area contributed by atoms with E-state index in [1.807, 2.05) is 33.8 Å². The average molecular weight is 602 g/mol. The van der Waals surface area contributed by atoms with Gasteiger partial charge in [-0.1, -0.05) is 26.8 Å². The van der Waals surface area contributed by atoms with Crippen molar-refractivity contribution >= 4 is 46.0 Å². The third-order valence-electron chi connectivity index (χ3n) is 8.35. The lowest BCUT2D eigenvalue weighted by Crippen LogP contribution is -2.53. The molecular formula is C31H43N11O2. The van der Waals surface area contributed by atoms with Gasteiger partial charge in [-0.05, 0) is 57.6 Å². The van der Waals surface area contributed by atoms with Crippen molar-refractivity contribution in [1.82, 2.24) is 35.1 Å². The Labute approximate surface area is 258 Å². The molecule has 2 aliphatic rings. The number of nitrogens with zero attached hydrogens (tertiary/aromatic N) is 7. The fourth-order valence-electron chi connectivity index (χ4n) is 5.45. The minimum Gasteiger partial charge on any atom is -0.512 e. The quantitative estimate of drug-likeness (QED) is 0.159. The van der Waals surface area contributed by atoms with Gasteiger partial charge < -0.3 is 31.3 Å². The Morgan fingerprint density at radius 1 is 1.07 bits per heavy atom. The minimum absolute atomic E-state index is 0.00414. The number of carbonyl (C=O) groups is 1. The molecule has 2 saturated heterocycles. The van der Waals surface area contributed by atoms with Crippen LogP contribution in [0.1, 0.15) is 49.5 Å². The number of carbonyl (C=O) groups excluding carboxylic acids is 1. The van der Waals surface area contributed by atoms with Gasteiger partial charge in [0.1, 0.15) is 29.0 Å². The zero-order valence-corrected chi connectivity index (χ0v) is 26.2. The van der Waals surface area contributed by atoms with Crippen LogP contribution in [-0.4, -0.2) is 98.9 Å². The first-order valence-corrected chi connectivity index (χ1v) is 15.0. The summed E-state index contributed by atoms with van der Waals surface area (Å²) in [4.78, 5) is 38.4. The molecular weight excluding hydrogens is 558 g/mol. The highest BCUT2D eigenvalue weighted by atomic mass is 16.3. The number of amidine groups is 1. The molecule has 0 saturated carbocycles. The number of aromatic nitrogens is 4. The average Bonchev–Trinajstić information content (AvgIpc) is 2.98. The molecule has 3 aromatic rings. The summed E-state index contributed by atoms with van der Waals surface area (Å²) in [7, 11) is 2.19. The second kappa shape index (κ2) is 12.7. The third kappa shape index (κ3) is 7.05. The Morgan fingerprint density at radius 2 is 1.77 bits per heavy atom. The first kappa shape index (κ1) is 31.1. The van der Waals surface area contributed by atoms with E-state index < -0.39 is 11.3 Å². The minimum atomic E-state index is -0.536. The van der Waals surface area contributed by atoms with E-state index >= 15 is 0 Å². The highest BCUT2D eigenvalue weighted by molar-refractivity contribution is 6.09. The maximum absolute atomic E-state index is 13.0. The molecule has 0 unspecified atom stereocenters. The zero-order chi connectivity index (χ0) is 31.6. The number of rotatable bonds is 6. The highest BCUT2D eigenvalue weighted by Crippen LogP contribution is 2.29. The van der Waals surface area contributed by atoms with Crippen molar-refractivity contribution in [3.63, 3.8) is 0 Å². The van der Waals surface area contributed by atoms with E-state index in [0.717, 1.165) is 44.8 Å². The molecule has 13 heteroatoms. The molecule has 0 bridgehead atoms. The van der Waals surface area contributed by atoms with Crippen LogP contribution in [0.2, 0.25) is 0 Å². The molecule has 6 N–H and O–H groups in total. The topological polar surface area (TPSA) is 173 Å². The Bertz CT molecular complexity index is 1570. The number of anilines is 4. The lowest BCUT2D eigenvalue weighted by Gasteiger charge is -2.42. The smallest absolute Gasteiger partial charge is 0.256 e. The molecule has 0 aliphatic carbocycles. The molecule has 2 aliphatic heterocycles. The highest BCUT2D eigenvalue weighted by Gasteiger charge is 2.28. The molecule has 1 aromatic carbocycles. The van der Waals surface area contributed by atoms with Gasteiger partial charge in [-0.15, -0.1) is 0 Å². The second-order valence-electron chi connectivity index (χ2n) is 12.7. The van der Waals surface area contributed by atoms with Crippen molar-refractivity contribution in [2.45, 2.75) is 46.6 Å². The van der Waals surface area contributed by atoms with Gasteiger partial charge in [-0.2, -0.15) is 4.98 Å². The standard InChI is InChI=1S/C31H43N11O2/c1-19-6-7-20(29(44)37-24(32)17-23(43)31(2,3)4)16-22(19)36-28-26-25(34-18-35-28)27(33)39-30(38-26)42-14-12-41(13-15-42)21-8-10-40(5)11-9-21/h6-7,16-18,21,43H,8-15H2,1-5H3,(H2,32,37,44)(H2,33,38,39)(H,34,35,36)/b23-17-. The Kier molecular flexibility index (Phi) is 8.97. The number of nitrogen functional groups attached to an aromatic ring is 1. The van der Waals surface area contributed by atoms with Gasteiger partial charge in [0.2, 0.25) is 5.95 Å². The first-order chi connectivity index (χ1) is 20.9. The number of amides is 1. The number of nitrogens with one attached hydrogen (secondary N) is 3. The summed E-state index contributed by atoms with van der Waals surface area (Å²) < 4.78 is 0. The van der Waals surface area contributed by atoms with Crippen LogP contribution in [0, 0.1) is 17.7 Å². The Hall–Kier alpha value is -4.36. The number of aliphatic hydroxyl groups excluding tert-OH is 1. The van der Waals surface area contributed by atoms with Gasteiger partial charge in [-0.3, -0.25) is 15.1 Å². The van der Waals surface area contributed by atoms with E-state index in [9.17, 15) is 9.90 Å². The van der Waals surface area contributed by atoms with Crippen LogP contribution in [-0.2, 0) is 0 Å². The maximum atomic E-state index is 13.0. The predicted molar refractivity (Wildman–Crippen MR) is 174 cm³/mol. The van der Waals surface area contributed by atoms with Gasteiger partial charge in [0.15, 0.2) is 11.6 Å². The van der Waals surface area contributed by atoms with Crippen LogP contribution in [0.15, 0.2) is 36.4 Å². The van der Waals surface area contributed by atoms with E-state index in [0.29, 0.717) is 40.1 Å². The molecule has 2 aromatic heterocycles. The molecule has 1 amide bonds. The van der Waals surface area contributed by atoms with Gasteiger partial charge >= 0.3 is 0 Å². The zero-order valence-electron chi connectivity index (χ0n) is 26.2. The molecule has 234 valence electrons. The number of hydrogen-bond donors (Lipinski definition) is 5. The Balaban J connectivity index is 1.33. The summed E-state index contributed by atoms with van der Waals surface area (Å²) in [6.45, 7) is 13.2. The monoisotopic (exact) mass is 601 g/mol.